The van der Waals surface area contributed by atoms with E-state index in [0.717, 1.165) is 4.90 Å². The van der Waals surface area contributed by atoms with Gasteiger partial charge in [0.25, 0.3) is 11.8 Å². The van der Waals surface area contributed by atoms with Crippen molar-refractivity contribution >= 4 is 11.8 Å². The molecule has 1 unspecified atom stereocenters. The maximum atomic E-state index is 12.2. The molecular formula is C14H18N4O5. The first kappa shape index (κ1) is 16.7. The van der Waals surface area contributed by atoms with Crippen molar-refractivity contribution in [1.82, 2.24) is 9.91 Å². The highest BCUT2D eigenvalue weighted by Crippen LogP contribution is 2.24. The van der Waals surface area contributed by atoms with Gasteiger partial charge in [0.1, 0.15) is 0 Å². The second-order valence-electron chi connectivity index (χ2n) is 5.02. The standard InChI is InChI=1S/C14H18N4O5/c1-10(23-15-18(22)16(2)8-5-9-19)17-13(20)11-6-3-4-7-12(11)14(17)21/h3-4,6-7,10,19H,5,8-9H2,1-2H3/b18-15+. The van der Waals surface area contributed by atoms with Crippen molar-refractivity contribution in [2.45, 2.75) is 19.6 Å². The number of amides is 2. The molecule has 0 aliphatic carbocycles. The molecule has 1 heterocycles. The summed E-state index contributed by atoms with van der Waals surface area (Å²) in [6.45, 7) is 1.69. The molecule has 1 aromatic carbocycles. The van der Waals surface area contributed by atoms with Crippen LogP contribution in [0.25, 0.3) is 0 Å². The molecular weight excluding hydrogens is 304 g/mol. The van der Waals surface area contributed by atoms with Crippen LogP contribution in [0.15, 0.2) is 29.5 Å². The van der Waals surface area contributed by atoms with Crippen LogP contribution in [-0.2, 0) is 4.84 Å². The Balaban J connectivity index is 2.03. The fraction of sp³-hybridized carbons (Fsp3) is 0.429. The minimum atomic E-state index is -1.02. The molecule has 0 aromatic heterocycles. The number of hydrogen-bond donors (Lipinski definition) is 1. The average Bonchev–Trinajstić information content (AvgIpc) is 2.81. The van der Waals surface area contributed by atoms with Crippen molar-refractivity contribution in [3.05, 3.63) is 40.6 Å². The van der Waals surface area contributed by atoms with Gasteiger partial charge in [-0.1, -0.05) is 12.1 Å². The van der Waals surface area contributed by atoms with Gasteiger partial charge >= 0.3 is 0 Å². The van der Waals surface area contributed by atoms with E-state index in [9.17, 15) is 14.8 Å². The lowest BCUT2D eigenvalue weighted by Gasteiger charge is -2.19. The molecule has 0 saturated heterocycles. The van der Waals surface area contributed by atoms with Crippen LogP contribution in [0.1, 0.15) is 34.1 Å². The first-order chi connectivity index (χ1) is 11.0. The van der Waals surface area contributed by atoms with Crippen LogP contribution in [-0.4, -0.2) is 58.2 Å². The number of carbonyl (C=O) groups excluding carboxylic acids is 2. The number of aliphatic hydroxyl groups is 1. The summed E-state index contributed by atoms with van der Waals surface area (Å²) in [5.41, 5.74) is 0.596. The Morgan fingerprint density at radius 1 is 1.35 bits per heavy atom. The van der Waals surface area contributed by atoms with Gasteiger partial charge in [-0.2, -0.15) is 0 Å². The Labute approximate surface area is 132 Å². The maximum absolute atomic E-state index is 12.2. The summed E-state index contributed by atoms with van der Waals surface area (Å²) in [7, 11) is 1.47. The molecule has 2 amide bonds. The third-order valence-electron chi connectivity index (χ3n) is 3.39. The molecule has 1 aromatic rings. The highest BCUT2D eigenvalue weighted by Gasteiger charge is 2.39. The number of hydrogen-bond acceptors (Lipinski definition) is 6. The summed E-state index contributed by atoms with van der Waals surface area (Å²) in [6.07, 6.45) is -0.622. The van der Waals surface area contributed by atoms with E-state index in [4.69, 9.17) is 9.94 Å². The Bertz CT molecular complexity index is 598. The molecule has 9 nitrogen and oxygen atoms in total. The molecule has 0 spiro atoms. The van der Waals surface area contributed by atoms with E-state index < -0.39 is 18.0 Å². The van der Waals surface area contributed by atoms with Gasteiger partial charge in [-0.25, -0.2) is 4.90 Å². The van der Waals surface area contributed by atoms with E-state index in [1.807, 2.05) is 0 Å². The molecule has 1 atom stereocenters. The van der Waals surface area contributed by atoms with Crippen LogP contribution < -0.4 is 0 Å². The highest BCUT2D eigenvalue weighted by molar-refractivity contribution is 6.21. The van der Waals surface area contributed by atoms with Crippen molar-refractivity contribution in [3.63, 3.8) is 0 Å². The van der Waals surface area contributed by atoms with Crippen molar-refractivity contribution < 1.29 is 24.5 Å². The van der Waals surface area contributed by atoms with Crippen molar-refractivity contribution in [1.29, 1.82) is 0 Å². The zero-order valence-electron chi connectivity index (χ0n) is 12.9. The quantitative estimate of drug-likeness (QED) is 0.343. The Kier molecular flexibility index (Phi) is 5.12. The fourth-order valence-electron chi connectivity index (χ4n) is 2.14. The zero-order chi connectivity index (χ0) is 17.0. The summed E-state index contributed by atoms with van der Waals surface area (Å²) in [5, 5.41) is 24.9. The van der Waals surface area contributed by atoms with Gasteiger partial charge in [-0.3, -0.25) is 9.59 Å². The van der Waals surface area contributed by atoms with E-state index in [0.29, 0.717) is 17.5 Å². The van der Waals surface area contributed by atoms with E-state index in [1.54, 1.807) is 24.3 Å². The van der Waals surface area contributed by atoms with E-state index >= 15 is 0 Å². The number of benzene rings is 1. The van der Waals surface area contributed by atoms with Gasteiger partial charge in [0.15, 0.2) is 0 Å². The van der Waals surface area contributed by atoms with Gasteiger partial charge in [-0.05, 0) is 25.5 Å². The third-order valence-corrected chi connectivity index (χ3v) is 3.39. The number of nitrogens with zero attached hydrogens (tertiary/aromatic N) is 4. The predicted octanol–water partition coefficient (Wildman–Crippen LogP) is 0.752. The topological polar surface area (TPSA) is 109 Å². The Hall–Kier alpha value is -2.68. The summed E-state index contributed by atoms with van der Waals surface area (Å²) in [5.74, 6) is -0.973. The second kappa shape index (κ2) is 7.05. The Morgan fingerprint density at radius 2 is 1.91 bits per heavy atom. The van der Waals surface area contributed by atoms with Gasteiger partial charge in [0.2, 0.25) is 11.5 Å². The summed E-state index contributed by atoms with van der Waals surface area (Å²) < 4.78 is 0. The minimum absolute atomic E-state index is 0.0511. The van der Waals surface area contributed by atoms with E-state index in [-0.39, 0.29) is 18.1 Å². The fourth-order valence-corrected chi connectivity index (χ4v) is 2.14. The number of fused-ring (bicyclic) bond motifs is 1. The van der Waals surface area contributed by atoms with Crippen molar-refractivity contribution in [2.24, 2.45) is 5.28 Å². The lowest BCUT2D eigenvalue weighted by atomic mass is 10.1. The number of aliphatic hydroxyl groups excluding tert-OH is 1. The molecule has 1 aliphatic heterocycles. The molecule has 1 N–H and O–H groups in total. The monoisotopic (exact) mass is 322 g/mol. The Morgan fingerprint density at radius 3 is 2.43 bits per heavy atom. The normalized spacial score (nSPS) is 15.6. The molecule has 9 heteroatoms. The second-order valence-corrected chi connectivity index (χ2v) is 5.02. The lowest BCUT2D eigenvalue weighted by molar-refractivity contribution is -0.707. The molecule has 23 heavy (non-hydrogen) atoms. The molecule has 0 radical (unpaired) electrons. The number of rotatable bonds is 7. The van der Waals surface area contributed by atoms with Crippen LogP contribution >= 0.6 is 0 Å². The average molecular weight is 322 g/mol. The first-order valence-electron chi connectivity index (χ1n) is 7.10. The first-order valence-corrected chi connectivity index (χ1v) is 7.10. The predicted molar refractivity (Wildman–Crippen MR) is 77.9 cm³/mol. The third kappa shape index (κ3) is 3.39. The molecule has 2 rings (SSSR count). The van der Waals surface area contributed by atoms with Gasteiger partial charge in [0.05, 0.1) is 29.7 Å². The van der Waals surface area contributed by atoms with Gasteiger partial charge in [-0.15, -0.1) is 5.01 Å². The number of carbonyl (C=O) groups is 2. The molecule has 0 saturated carbocycles. The molecule has 124 valence electrons. The van der Waals surface area contributed by atoms with Gasteiger partial charge in [0, 0.05) is 6.61 Å². The minimum Gasteiger partial charge on any atom is -0.569 e. The van der Waals surface area contributed by atoms with E-state index in [1.165, 1.54) is 19.0 Å². The van der Waals surface area contributed by atoms with Crippen LogP contribution in [0, 0.1) is 5.21 Å². The number of imide groups is 1. The summed E-state index contributed by atoms with van der Waals surface area (Å²) in [4.78, 5) is 30.5. The van der Waals surface area contributed by atoms with E-state index in [2.05, 4.69) is 5.28 Å². The highest BCUT2D eigenvalue weighted by atomic mass is 16.7. The molecule has 0 bridgehead atoms. The molecule has 1 aliphatic rings. The smallest absolute Gasteiger partial charge is 0.264 e. The van der Waals surface area contributed by atoms with Crippen LogP contribution in [0.2, 0.25) is 0 Å². The maximum Gasteiger partial charge on any atom is 0.264 e. The zero-order valence-corrected chi connectivity index (χ0v) is 12.9. The van der Waals surface area contributed by atoms with Crippen molar-refractivity contribution in [2.75, 3.05) is 20.2 Å². The van der Waals surface area contributed by atoms with Crippen LogP contribution in [0.5, 0.6) is 0 Å². The SMILES string of the molecule is CC(O/N=[N+](/[O-])N(C)CCCO)N1C(=O)c2ccccc2C1=O. The van der Waals surface area contributed by atoms with Crippen LogP contribution in [0.4, 0.5) is 0 Å². The summed E-state index contributed by atoms with van der Waals surface area (Å²) >= 11 is 0. The van der Waals surface area contributed by atoms with Crippen molar-refractivity contribution in [3.8, 4) is 0 Å². The lowest BCUT2D eigenvalue weighted by Crippen LogP contribution is -2.39. The summed E-state index contributed by atoms with van der Waals surface area (Å²) in [6, 6.07) is 6.45. The molecule has 0 fully saturated rings. The van der Waals surface area contributed by atoms with Crippen LogP contribution in [0.3, 0.4) is 0 Å². The number of hydrazine groups is 1. The van der Waals surface area contributed by atoms with Gasteiger partial charge < -0.3 is 15.2 Å². The largest absolute Gasteiger partial charge is 0.569 e.